The fourth-order valence-electron chi connectivity index (χ4n) is 2.48. The maximum absolute atomic E-state index is 12.9. The highest BCUT2D eigenvalue weighted by Gasteiger charge is 2.17. The number of rotatable bonds is 6. The standard InChI is InChI=1S/C17H18FN3O3S/c18-12-5-3-11(4-6-12)16(23)21-17-20-13(10-25-17)8-15(22)19-9-14-2-1-7-24-14/h3-6,10,14H,1-2,7-9H2,(H,19,22)(H,20,21,23). The lowest BCUT2D eigenvalue weighted by atomic mass is 10.2. The van der Waals surface area contributed by atoms with Crippen molar-refractivity contribution in [2.24, 2.45) is 0 Å². The predicted octanol–water partition coefficient (Wildman–Crippen LogP) is 2.37. The predicted molar refractivity (Wildman–Crippen MR) is 92.2 cm³/mol. The average molecular weight is 363 g/mol. The van der Waals surface area contributed by atoms with Crippen LogP contribution in [0.2, 0.25) is 0 Å². The van der Waals surface area contributed by atoms with Crippen LogP contribution < -0.4 is 10.6 Å². The Hall–Kier alpha value is -2.32. The molecule has 1 atom stereocenters. The molecule has 1 unspecified atom stereocenters. The van der Waals surface area contributed by atoms with Crippen molar-refractivity contribution in [1.29, 1.82) is 0 Å². The molecule has 1 saturated heterocycles. The Balaban J connectivity index is 1.48. The van der Waals surface area contributed by atoms with Gasteiger partial charge in [-0.15, -0.1) is 11.3 Å². The quantitative estimate of drug-likeness (QED) is 0.826. The van der Waals surface area contributed by atoms with Crippen molar-refractivity contribution in [1.82, 2.24) is 10.3 Å². The lowest BCUT2D eigenvalue weighted by Crippen LogP contribution is -2.32. The van der Waals surface area contributed by atoms with E-state index in [1.165, 1.54) is 35.6 Å². The summed E-state index contributed by atoms with van der Waals surface area (Å²) in [4.78, 5) is 28.2. The molecule has 1 aliphatic rings. The number of benzene rings is 1. The van der Waals surface area contributed by atoms with Gasteiger partial charge in [-0.2, -0.15) is 0 Å². The van der Waals surface area contributed by atoms with Gasteiger partial charge >= 0.3 is 0 Å². The van der Waals surface area contributed by atoms with Crippen LogP contribution >= 0.6 is 11.3 Å². The van der Waals surface area contributed by atoms with Crippen molar-refractivity contribution < 1.29 is 18.7 Å². The first-order valence-corrected chi connectivity index (χ1v) is 8.88. The van der Waals surface area contributed by atoms with E-state index < -0.39 is 5.82 Å². The minimum absolute atomic E-state index is 0.102. The van der Waals surface area contributed by atoms with E-state index in [2.05, 4.69) is 15.6 Å². The Morgan fingerprint density at radius 2 is 2.12 bits per heavy atom. The minimum atomic E-state index is -0.401. The molecular weight excluding hydrogens is 345 g/mol. The zero-order chi connectivity index (χ0) is 17.6. The van der Waals surface area contributed by atoms with E-state index in [1.807, 2.05) is 0 Å². The van der Waals surface area contributed by atoms with Gasteiger partial charge in [-0.05, 0) is 37.1 Å². The number of anilines is 1. The molecule has 2 amide bonds. The summed E-state index contributed by atoms with van der Waals surface area (Å²) < 4.78 is 18.3. The van der Waals surface area contributed by atoms with Gasteiger partial charge in [-0.3, -0.25) is 14.9 Å². The van der Waals surface area contributed by atoms with Crippen LogP contribution in [-0.2, 0) is 16.0 Å². The van der Waals surface area contributed by atoms with Crippen LogP contribution in [0.1, 0.15) is 28.9 Å². The Kier molecular flexibility index (Phi) is 5.72. The molecule has 6 nitrogen and oxygen atoms in total. The molecule has 0 spiro atoms. The van der Waals surface area contributed by atoms with Gasteiger partial charge in [-0.25, -0.2) is 9.37 Å². The van der Waals surface area contributed by atoms with Gasteiger partial charge in [0.15, 0.2) is 5.13 Å². The molecule has 8 heteroatoms. The number of hydrogen-bond acceptors (Lipinski definition) is 5. The van der Waals surface area contributed by atoms with Gasteiger partial charge in [0, 0.05) is 24.1 Å². The van der Waals surface area contributed by atoms with E-state index in [0.29, 0.717) is 22.9 Å². The van der Waals surface area contributed by atoms with Crippen molar-refractivity contribution in [3.05, 3.63) is 46.7 Å². The smallest absolute Gasteiger partial charge is 0.257 e. The number of carbonyl (C=O) groups excluding carboxylic acids is 2. The van der Waals surface area contributed by atoms with Gasteiger partial charge in [0.25, 0.3) is 5.91 Å². The molecule has 2 N–H and O–H groups in total. The van der Waals surface area contributed by atoms with Gasteiger partial charge in [0.1, 0.15) is 5.82 Å². The van der Waals surface area contributed by atoms with Crippen LogP contribution in [0.15, 0.2) is 29.6 Å². The first kappa shape index (κ1) is 17.5. The molecule has 1 fully saturated rings. The summed E-state index contributed by atoms with van der Waals surface area (Å²) in [5.41, 5.74) is 0.928. The number of aromatic nitrogens is 1. The highest BCUT2D eigenvalue weighted by atomic mass is 32.1. The second-order valence-corrected chi connectivity index (χ2v) is 6.58. The molecule has 2 aromatic rings. The van der Waals surface area contributed by atoms with Gasteiger partial charge in [-0.1, -0.05) is 0 Å². The SMILES string of the molecule is O=C(Cc1csc(NC(=O)c2ccc(F)cc2)n1)NCC1CCCO1. The fraction of sp³-hybridized carbons (Fsp3) is 0.353. The monoisotopic (exact) mass is 363 g/mol. The highest BCUT2D eigenvalue weighted by molar-refractivity contribution is 7.14. The average Bonchev–Trinajstić information content (AvgIpc) is 3.25. The van der Waals surface area contributed by atoms with Crippen LogP contribution in [0.25, 0.3) is 0 Å². The van der Waals surface area contributed by atoms with Crippen molar-refractivity contribution in [2.75, 3.05) is 18.5 Å². The fourth-order valence-corrected chi connectivity index (χ4v) is 3.18. The van der Waals surface area contributed by atoms with E-state index in [1.54, 1.807) is 5.38 Å². The zero-order valence-electron chi connectivity index (χ0n) is 13.5. The third-order valence-corrected chi connectivity index (χ3v) is 4.58. The van der Waals surface area contributed by atoms with Crippen molar-refractivity contribution in [3.63, 3.8) is 0 Å². The second-order valence-electron chi connectivity index (χ2n) is 5.72. The molecule has 1 aromatic heterocycles. The van der Waals surface area contributed by atoms with Crippen molar-refractivity contribution in [2.45, 2.75) is 25.4 Å². The largest absolute Gasteiger partial charge is 0.376 e. The molecule has 2 heterocycles. The molecule has 25 heavy (non-hydrogen) atoms. The summed E-state index contributed by atoms with van der Waals surface area (Å²) in [5, 5.41) is 7.60. The minimum Gasteiger partial charge on any atom is -0.376 e. The van der Waals surface area contributed by atoms with E-state index in [-0.39, 0.29) is 24.3 Å². The first-order chi connectivity index (χ1) is 12.1. The summed E-state index contributed by atoms with van der Waals surface area (Å²) >= 11 is 1.24. The summed E-state index contributed by atoms with van der Waals surface area (Å²) in [7, 11) is 0. The normalized spacial score (nSPS) is 16.6. The van der Waals surface area contributed by atoms with Crippen LogP contribution in [0.3, 0.4) is 0 Å². The van der Waals surface area contributed by atoms with Gasteiger partial charge in [0.05, 0.1) is 18.2 Å². The van der Waals surface area contributed by atoms with Crippen LogP contribution in [0.5, 0.6) is 0 Å². The lowest BCUT2D eigenvalue weighted by molar-refractivity contribution is -0.121. The van der Waals surface area contributed by atoms with Crippen molar-refractivity contribution >= 4 is 28.3 Å². The number of amides is 2. The second kappa shape index (κ2) is 8.17. The van der Waals surface area contributed by atoms with Gasteiger partial charge < -0.3 is 10.1 Å². The van der Waals surface area contributed by atoms with Crippen molar-refractivity contribution in [3.8, 4) is 0 Å². The maximum atomic E-state index is 12.9. The summed E-state index contributed by atoms with van der Waals surface area (Å²) in [5.74, 6) is -0.900. The number of ether oxygens (including phenoxy) is 1. The Morgan fingerprint density at radius 1 is 1.32 bits per heavy atom. The van der Waals surface area contributed by atoms with E-state index in [4.69, 9.17) is 4.74 Å². The molecule has 0 saturated carbocycles. The molecule has 1 aliphatic heterocycles. The number of nitrogens with one attached hydrogen (secondary N) is 2. The molecule has 1 aromatic carbocycles. The number of halogens is 1. The van der Waals surface area contributed by atoms with E-state index >= 15 is 0 Å². The van der Waals surface area contributed by atoms with Crippen LogP contribution in [0, 0.1) is 5.82 Å². The maximum Gasteiger partial charge on any atom is 0.257 e. The summed E-state index contributed by atoms with van der Waals surface area (Å²) in [6, 6.07) is 5.25. The number of hydrogen-bond donors (Lipinski definition) is 2. The Bertz CT molecular complexity index is 742. The lowest BCUT2D eigenvalue weighted by Gasteiger charge is -2.09. The molecule has 132 valence electrons. The highest BCUT2D eigenvalue weighted by Crippen LogP contribution is 2.17. The van der Waals surface area contributed by atoms with E-state index in [0.717, 1.165) is 19.4 Å². The number of thiazole rings is 1. The number of carbonyl (C=O) groups is 2. The zero-order valence-corrected chi connectivity index (χ0v) is 14.3. The summed E-state index contributed by atoms with van der Waals surface area (Å²) in [6.07, 6.45) is 2.25. The van der Waals surface area contributed by atoms with Crippen LogP contribution in [0.4, 0.5) is 9.52 Å². The molecular formula is C17H18FN3O3S. The first-order valence-electron chi connectivity index (χ1n) is 8.00. The Labute approximate surface area is 148 Å². The molecule has 3 rings (SSSR count). The van der Waals surface area contributed by atoms with E-state index in [9.17, 15) is 14.0 Å². The topological polar surface area (TPSA) is 80.3 Å². The Morgan fingerprint density at radius 3 is 2.84 bits per heavy atom. The molecule has 0 aliphatic carbocycles. The molecule has 0 bridgehead atoms. The van der Waals surface area contributed by atoms with Crippen LogP contribution in [-0.4, -0.2) is 36.1 Å². The summed E-state index contributed by atoms with van der Waals surface area (Å²) in [6.45, 7) is 1.26. The third-order valence-electron chi connectivity index (χ3n) is 3.77. The molecule has 0 radical (unpaired) electrons. The van der Waals surface area contributed by atoms with Gasteiger partial charge in [0.2, 0.25) is 5.91 Å². The number of nitrogens with zero attached hydrogens (tertiary/aromatic N) is 1. The third kappa shape index (κ3) is 5.07.